The monoisotopic (exact) mass is 576 g/mol. The zero-order chi connectivity index (χ0) is 29.2. The summed E-state index contributed by atoms with van der Waals surface area (Å²) in [6.07, 6.45) is 3.08. The number of carbonyl (C=O) groups is 1. The number of piperazine rings is 1. The molecule has 2 aliphatic rings. The van der Waals surface area contributed by atoms with Crippen molar-refractivity contribution >= 4 is 45.3 Å². The standard InChI is InChI=1S/C30H33FN6O3S/c1-7-23(38)36-17(3)12-35(13-18(36)4)29-21-10-16(2)24(25-22(31)9-8-19-11-32-34(5)26(19)25)28-27(21)37(30(39)33-29)20(14-40-6)15-41-28/h7-11,17-18,20H,1,12-15H2,2-6H3/t17-,18+,20-/m0/s1. The van der Waals surface area contributed by atoms with Crippen LogP contribution in [0.2, 0.25) is 0 Å². The Balaban J connectivity index is 1.63. The molecular weight excluding hydrogens is 543 g/mol. The molecule has 2 aromatic carbocycles. The molecule has 0 bridgehead atoms. The van der Waals surface area contributed by atoms with E-state index in [4.69, 9.17) is 4.74 Å². The third-order valence-electron chi connectivity index (χ3n) is 8.24. The molecule has 41 heavy (non-hydrogen) atoms. The summed E-state index contributed by atoms with van der Waals surface area (Å²) in [7, 11) is 3.43. The minimum atomic E-state index is -0.366. The third kappa shape index (κ3) is 4.25. The summed E-state index contributed by atoms with van der Waals surface area (Å²) >= 11 is 1.62. The molecule has 214 valence electrons. The van der Waals surface area contributed by atoms with Crippen LogP contribution in [0.15, 0.2) is 46.7 Å². The SMILES string of the molecule is C=CC(=O)N1[C@H](C)CN(c2nc(=O)n3c4c(c(-c5c(F)ccc6cnn(C)c56)c(C)cc24)SC[C@@H]3COC)C[C@@H]1C. The lowest BCUT2D eigenvalue weighted by atomic mass is 9.95. The minimum absolute atomic E-state index is 0.108. The van der Waals surface area contributed by atoms with E-state index >= 15 is 4.39 Å². The molecule has 2 aromatic heterocycles. The van der Waals surface area contributed by atoms with Crippen molar-refractivity contribution in [2.24, 2.45) is 7.05 Å². The van der Waals surface area contributed by atoms with Crippen molar-refractivity contribution in [3.05, 3.63) is 58.9 Å². The van der Waals surface area contributed by atoms with Crippen LogP contribution in [0, 0.1) is 12.7 Å². The number of rotatable bonds is 5. The largest absolute Gasteiger partial charge is 0.383 e. The first-order chi connectivity index (χ1) is 19.7. The third-order valence-corrected chi connectivity index (χ3v) is 9.47. The van der Waals surface area contributed by atoms with Gasteiger partial charge in [-0.05, 0) is 50.6 Å². The Labute approximate surface area is 241 Å². The van der Waals surface area contributed by atoms with Crippen LogP contribution >= 0.6 is 11.8 Å². The molecule has 0 unspecified atom stereocenters. The number of thioether (sulfide) groups is 1. The second-order valence-corrected chi connectivity index (χ2v) is 12.0. The highest BCUT2D eigenvalue weighted by molar-refractivity contribution is 7.99. The van der Waals surface area contributed by atoms with Crippen molar-refractivity contribution in [1.82, 2.24) is 24.2 Å². The second kappa shape index (κ2) is 10.3. The van der Waals surface area contributed by atoms with Crippen LogP contribution in [0.25, 0.3) is 32.9 Å². The van der Waals surface area contributed by atoms with Gasteiger partial charge in [0.1, 0.15) is 11.6 Å². The molecule has 3 atom stereocenters. The second-order valence-electron chi connectivity index (χ2n) is 11.0. The van der Waals surface area contributed by atoms with Crippen molar-refractivity contribution in [3.8, 4) is 11.1 Å². The number of amides is 1. The van der Waals surface area contributed by atoms with E-state index in [9.17, 15) is 9.59 Å². The van der Waals surface area contributed by atoms with Crippen LogP contribution in [0.5, 0.6) is 0 Å². The lowest BCUT2D eigenvalue weighted by Crippen LogP contribution is -2.58. The Kier molecular flexibility index (Phi) is 6.89. The van der Waals surface area contributed by atoms with Gasteiger partial charge in [0, 0.05) is 71.9 Å². The number of carbonyl (C=O) groups excluding carboxylic acids is 1. The maximum atomic E-state index is 15.7. The van der Waals surface area contributed by atoms with Gasteiger partial charge in [0.15, 0.2) is 0 Å². The number of hydrogen-bond donors (Lipinski definition) is 0. The van der Waals surface area contributed by atoms with E-state index in [1.54, 1.807) is 40.4 Å². The molecule has 0 radical (unpaired) electrons. The van der Waals surface area contributed by atoms with Gasteiger partial charge in [-0.1, -0.05) is 6.58 Å². The predicted octanol–water partition coefficient (Wildman–Crippen LogP) is 4.30. The highest BCUT2D eigenvalue weighted by Gasteiger charge is 2.36. The Morgan fingerprint density at radius 1 is 1.22 bits per heavy atom. The van der Waals surface area contributed by atoms with E-state index in [-0.39, 0.29) is 35.5 Å². The number of benzene rings is 2. The number of hydrogen-bond acceptors (Lipinski definition) is 7. The van der Waals surface area contributed by atoms with Crippen LogP contribution < -0.4 is 10.6 Å². The first kappa shape index (κ1) is 27.5. The molecule has 0 saturated carbocycles. The maximum absolute atomic E-state index is 15.7. The highest BCUT2D eigenvalue weighted by Crippen LogP contribution is 2.48. The lowest BCUT2D eigenvalue weighted by molar-refractivity contribution is -0.130. The Morgan fingerprint density at radius 3 is 2.63 bits per heavy atom. The average molecular weight is 577 g/mol. The summed E-state index contributed by atoms with van der Waals surface area (Å²) in [4.78, 5) is 35.7. The number of methoxy groups -OCH3 is 1. The number of anilines is 1. The molecular formula is C30H33FN6O3S. The molecule has 6 rings (SSSR count). The van der Waals surface area contributed by atoms with E-state index in [0.29, 0.717) is 42.3 Å². The Hall–Kier alpha value is -3.70. The quantitative estimate of drug-likeness (QED) is 0.328. The molecule has 0 spiro atoms. The summed E-state index contributed by atoms with van der Waals surface area (Å²) in [5.74, 6) is 0.722. The zero-order valence-electron chi connectivity index (χ0n) is 23.8. The van der Waals surface area contributed by atoms with Gasteiger partial charge in [0.2, 0.25) is 5.91 Å². The van der Waals surface area contributed by atoms with Crippen molar-refractivity contribution in [1.29, 1.82) is 0 Å². The van der Waals surface area contributed by atoms with E-state index in [1.807, 2.05) is 38.8 Å². The number of fused-ring (bicyclic) bond motifs is 1. The molecule has 9 nitrogen and oxygen atoms in total. The Morgan fingerprint density at radius 2 is 1.95 bits per heavy atom. The number of aryl methyl sites for hydroxylation is 2. The fraction of sp³-hybridized carbons (Fsp3) is 0.400. The van der Waals surface area contributed by atoms with Gasteiger partial charge in [-0.2, -0.15) is 10.1 Å². The first-order valence-electron chi connectivity index (χ1n) is 13.7. The average Bonchev–Trinajstić information content (AvgIpc) is 3.31. The minimum Gasteiger partial charge on any atom is -0.383 e. The molecule has 1 amide bonds. The van der Waals surface area contributed by atoms with Crippen LogP contribution in [-0.4, -0.2) is 74.8 Å². The zero-order valence-corrected chi connectivity index (χ0v) is 24.7. The molecule has 2 aliphatic heterocycles. The lowest BCUT2D eigenvalue weighted by Gasteiger charge is -2.45. The first-order valence-corrected chi connectivity index (χ1v) is 14.7. The molecule has 1 fully saturated rings. The normalized spacial score (nSPS) is 20.7. The summed E-state index contributed by atoms with van der Waals surface area (Å²) < 4.78 is 24.7. The van der Waals surface area contributed by atoms with E-state index in [0.717, 1.165) is 32.3 Å². The molecule has 11 heteroatoms. The van der Waals surface area contributed by atoms with Crippen LogP contribution in [0.1, 0.15) is 25.5 Å². The van der Waals surface area contributed by atoms with Gasteiger partial charge < -0.3 is 14.5 Å². The summed E-state index contributed by atoms with van der Waals surface area (Å²) in [5.41, 5.74) is 3.20. The van der Waals surface area contributed by atoms with Gasteiger partial charge in [0.25, 0.3) is 0 Å². The fourth-order valence-corrected chi connectivity index (χ4v) is 7.96. The highest BCUT2D eigenvalue weighted by atomic mass is 32.2. The molecule has 0 aliphatic carbocycles. The topological polar surface area (TPSA) is 85.5 Å². The van der Waals surface area contributed by atoms with Crippen molar-refractivity contribution in [2.75, 3.05) is 37.5 Å². The predicted molar refractivity (Wildman–Crippen MR) is 160 cm³/mol. The molecule has 4 heterocycles. The molecule has 0 N–H and O–H groups in total. The van der Waals surface area contributed by atoms with Crippen molar-refractivity contribution in [2.45, 2.75) is 43.8 Å². The number of nitrogens with zero attached hydrogens (tertiary/aromatic N) is 6. The maximum Gasteiger partial charge on any atom is 0.350 e. The molecule has 1 saturated heterocycles. The van der Waals surface area contributed by atoms with Gasteiger partial charge in [-0.25, -0.2) is 9.18 Å². The van der Waals surface area contributed by atoms with E-state index in [2.05, 4.69) is 21.6 Å². The Bertz CT molecular complexity index is 1770. The van der Waals surface area contributed by atoms with E-state index in [1.165, 1.54) is 12.1 Å². The van der Waals surface area contributed by atoms with Crippen LogP contribution in [-0.2, 0) is 16.6 Å². The van der Waals surface area contributed by atoms with Gasteiger partial charge in [0.05, 0.1) is 29.9 Å². The summed E-state index contributed by atoms with van der Waals surface area (Å²) in [5, 5.41) is 6.06. The van der Waals surface area contributed by atoms with Crippen molar-refractivity contribution < 1.29 is 13.9 Å². The van der Waals surface area contributed by atoms with Gasteiger partial charge in [-0.3, -0.25) is 14.0 Å². The summed E-state index contributed by atoms with van der Waals surface area (Å²) in [6, 6.07) is 4.80. The summed E-state index contributed by atoms with van der Waals surface area (Å²) in [6.45, 7) is 11.0. The molecule has 4 aromatic rings. The number of ether oxygens (including phenoxy) is 1. The van der Waals surface area contributed by atoms with Crippen LogP contribution in [0.4, 0.5) is 10.2 Å². The van der Waals surface area contributed by atoms with E-state index < -0.39 is 0 Å². The fourth-order valence-electron chi connectivity index (χ4n) is 6.60. The number of aromatic nitrogens is 4. The number of halogens is 1. The van der Waals surface area contributed by atoms with Crippen molar-refractivity contribution in [3.63, 3.8) is 0 Å². The van der Waals surface area contributed by atoms with Gasteiger partial charge in [-0.15, -0.1) is 11.8 Å². The van der Waals surface area contributed by atoms with Gasteiger partial charge >= 0.3 is 5.69 Å². The smallest absolute Gasteiger partial charge is 0.350 e. The van der Waals surface area contributed by atoms with Crippen LogP contribution in [0.3, 0.4) is 0 Å².